The van der Waals surface area contributed by atoms with Gasteiger partial charge in [0.1, 0.15) is 6.54 Å². The fraction of sp³-hybridized carbons (Fsp3) is 0.364. The molecule has 1 aliphatic heterocycles. The highest BCUT2D eigenvalue weighted by Gasteiger charge is 2.22. The molecule has 1 saturated heterocycles. The standard InChI is InChI=1S/C22H27N3O3/c26-21(16-25(17-22(27)28)20-9-5-2-6-10-20)23-19-11-13-24(14-12-19)15-18-7-3-1-4-8-18/h1-10,19H,11-17H2,(H,23,26)(H,27,28). The Balaban J connectivity index is 1.47. The second-order valence-electron chi connectivity index (χ2n) is 7.19. The highest BCUT2D eigenvalue weighted by Crippen LogP contribution is 2.15. The van der Waals surface area contributed by atoms with Crippen molar-refractivity contribution in [1.29, 1.82) is 0 Å². The number of aliphatic carboxylic acids is 1. The van der Waals surface area contributed by atoms with Crippen LogP contribution in [0.1, 0.15) is 18.4 Å². The number of benzene rings is 2. The van der Waals surface area contributed by atoms with Crippen LogP contribution in [0.4, 0.5) is 5.69 Å². The molecule has 1 heterocycles. The summed E-state index contributed by atoms with van der Waals surface area (Å²) in [5.41, 5.74) is 2.04. The predicted octanol–water partition coefficient (Wildman–Crippen LogP) is 2.36. The summed E-state index contributed by atoms with van der Waals surface area (Å²) < 4.78 is 0. The molecule has 28 heavy (non-hydrogen) atoms. The van der Waals surface area contributed by atoms with E-state index in [1.807, 2.05) is 36.4 Å². The minimum Gasteiger partial charge on any atom is -0.480 e. The van der Waals surface area contributed by atoms with Gasteiger partial charge in [0.05, 0.1) is 6.54 Å². The second kappa shape index (κ2) is 9.90. The molecule has 3 rings (SSSR count). The molecule has 0 radical (unpaired) electrons. The van der Waals surface area contributed by atoms with Crippen LogP contribution in [0.5, 0.6) is 0 Å². The fourth-order valence-electron chi connectivity index (χ4n) is 3.56. The summed E-state index contributed by atoms with van der Waals surface area (Å²) in [6, 6.07) is 19.7. The van der Waals surface area contributed by atoms with Crippen molar-refractivity contribution in [2.24, 2.45) is 0 Å². The lowest BCUT2D eigenvalue weighted by molar-refractivity contribution is -0.135. The van der Waals surface area contributed by atoms with Gasteiger partial charge in [0, 0.05) is 31.4 Å². The Morgan fingerprint density at radius 2 is 1.57 bits per heavy atom. The summed E-state index contributed by atoms with van der Waals surface area (Å²) in [6.45, 7) is 2.66. The van der Waals surface area contributed by atoms with Crippen LogP contribution in [0.2, 0.25) is 0 Å². The predicted molar refractivity (Wildman–Crippen MR) is 109 cm³/mol. The molecule has 2 N–H and O–H groups in total. The Bertz CT molecular complexity index is 759. The average molecular weight is 381 g/mol. The number of amides is 1. The van der Waals surface area contributed by atoms with Crippen molar-refractivity contribution in [2.45, 2.75) is 25.4 Å². The van der Waals surface area contributed by atoms with E-state index in [1.54, 1.807) is 4.90 Å². The maximum absolute atomic E-state index is 12.5. The van der Waals surface area contributed by atoms with Crippen molar-refractivity contribution in [3.8, 4) is 0 Å². The van der Waals surface area contributed by atoms with E-state index >= 15 is 0 Å². The summed E-state index contributed by atoms with van der Waals surface area (Å²) in [6.07, 6.45) is 1.81. The zero-order valence-corrected chi connectivity index (χ0v) is 16.0. The topological polar surface area (TPSA) is 72.9 Å². The number of carbonyl (C=O) groups is 2. The van der Waals surface area contributed by atoms with Gasteiger partial charge >= 0.3 is 5.97 Å². The SMILES string of the molecule is O=C(O)CN(CC(=O)NC1CCN(Cc2ccccc2)CC1)c1ccccc1. The maximum atomic E-state index is 12.5. The Hall–Kier alpha value is -2.86. The summed E-state index contributed by atoms with van der Waals surface area (Å²) in [4.78, 5) is 27.6. The first-order valence-electron chi connectivity index (χ1n) is 9.67. The van der Waals surface area contributed by atoms with Gasteiger partial charge in [-0.15, -0.1) is 0 Å². The van der Waals surface area contributed by atoms with Crippen LogP contribution in [0.25, 0.3) is 0 Å². The van der Waals surface area contributed by atoms with Gasteiger partial charge in [0.25, 0.3) is 0 Å². The fourth-order valence-corrected chi connectivity index (χ4v) is 3.56. The molecule has 0 bridgehead atoms. The van der Waals surface area contributed by atoms with Crippen LogP contribution in [-0.4, -0.2) is 54.1 Å². The van der Waals surface area contributed by atoms with Gasteiger partial charge < -0.3 is 15.3 Å². The number of para-hydroxylation sites is 1. The van der Waals surface area contributed by atoms with Gasteiger partial charge in [-0.05, 0) is 30.5 Å². The van der Waals surface area contributed by atoms with Crippen molar-refractivity contribution in [1.82, 2.24) is 10.2 Å². The zero-order chi connectivity index (χ0) is 19.8. The van der Waals surface area contributed by atoms with Gasteiger partial charge in [-0.2, -0.15) is 0 Å². The Kier molecular flexibility index (Phi) is 7.03. The lowest BCUT2D eigenvalue weighted by Crippen LogP contribution is -2.48. The van der Waals surface area contributed by atoms with Gasteiger partial charge in [0.2, 0.25) is 5.91 Å². The largest absolute Gasteiger partial charge is 0.480 e. The van der Waals surface area contributed by atoms with E-state index in [9.17, 15) is 9.59 Å². The number of nitrogens with one attached hydrogen (secondary N) is 1. The molecule has 1 amide bonds. The van der Waals surface area contributed by atoms with Crippen LogP contribution in [0, 0.1) is 0 Å². The van der Waals surface area contributed by atoms with E-state index in [0.29, 0.717) is 0 Å². The Morgan fingerprint density at radius 3 is 2.18 bits per heavy atom. The molecule has 0 atom stereocenters. The molecule has 6 nitrogen and oxygen atoms in total. The third-order valence-electron chi connectivity index (χ3n) is 4.98. The van der Waals surface area contributed by atoms with Gasteiger partial charge in [-0.25, -0.2) is 0 Å². The zero-order valence-electron chi connectivity index (χ0n) is 16.0. The minimum atomic E-state index is -0.953. The van der Waals surface area contributed by atoms with E-state index in [2.05, 4.69) is 34.5 Å². The van der Waals surface area contributed by atoms with Crippen LogP contribution in [-0.2, 0) is 16.1 Å². The first-order chi connectivity index (χ1) is 13.6. The van der Waals surface area contributed by atoms with Crippen LogP contribution >= 0.6 is 0 Å². The maximum Gasteiger partial charge on any atom is 0.323 e. The smallest absolute Gasteiger partial charge is 0.323 e. The first kappa shape index (κ1) is 19.9. The lowest BCUT2D eigenvalue weighted by atomic mass is 10.0. The number of carboxylic acids is 1. The normalized spacial score (nSPS) is 15.1. The molecule has 2 aromatic carbocycles. The van der Waals surface area contributed by atoms with E-state index in [1.165, 1.54) is 5.56 Å². The monoisotopic (exact) mass is 381 g/mol. The highest BCUT2D eigenvalue weighted by atomic mass is 16.4. The molecule has 0 unspecified atom stereocenters. The molecular formula is C22H27N3O3. The number of nitrogens with zero attached hydrogens (tertiary/aromatic N) is 2. The van der Waals surface area contributed by atoms with Crippen molar-refractivity contribution in [3.05, 3.63) is 66.2 Å². The molecule has 0 spiro atoms. The average Bonchev–Trinajstić information content (AvgIpc) is 2.70. The molecular weight excluding hydrogens is 354 g/mol. The van der Waals surface area contributed by atoms with Gasteiger partial charge in [0.15, 0.2) is 0 Å². The van der Waals surface area contributed by atoms with E-state index in [4.69, 9.17) is 5.11 Å². The summed E-state index contributed by atoms with van der Waals surface area (Å²) in [5.74, 6) is -1.09. The van der Waals surface area contributed by atoms with Crippen molar-refractivity contribution >= 4 is 17.6 Å². The van der Waals surface area contributed by atoms with E-state index < -0.39 is 5.97 Å². The number of piperidine rings is 1. The van der Waals surface area contributed by atoms with Crippen molar-refractivity contribution < 1.29 is 14.7 Å². The van der Waals surface area contributed by atoms with Gasteiger partial charge in [-0.1, -0.05) is 48.5 Å². The number of anilines is 1. The minimum absolute atomic E-state index is 0.0422. The van der Waals surface area contributed by atoms with E-state index in [0.717, 1.165) is 38.2 Å². The third kappa shape index (κ3) is 6.09. The molecule has 0 saturated carbocycles. The second-order valence-corrected chi connectivity index (χ2v) is 7.19. The molecule has 0 aliphatic carbocycles. The van der Waals surface area contributed by atoms with Gasteiger partial charge in [-0.3, -0.25) is 14.5 Å². The number of rotatable bonds is 8. The molecule has 1 fully saturated rings. The molecule has 6 heteroatoms. The van der Waals surface area contributed by atoms with Crippen molar-refractivity contribution in [3.63, 3.8) is 0 Å². The number of carbonyl (C=O) groups excluding carboxylic acids is 1. The quantitative estimate of drug-likeness (QED) is 0.734. The molecule has 148 valence electrons. The number of hydrogen-bond donors (Lipinski definition) is 2. The van der Waals surface area contributed by atoms with Crippen LogP contribution in [0.15, 0.2) is 60.7 Å². The van der Waals surface area contributed by atoms with E-state index in [-0.39, 0.29) is 25.0 Å². The third-order valence-corrected chi connectivity index (χ3v) is 4.98. The molecule has 0 aromatic heterocycles. The number of hydrogen-bond acceptors (Lipinski definition) is 4. The highest BCUT2D eigenvalue weighted by molar-refractivity contribution is 5.84. The summed E-state index contributed by atoms with van der Waals surface area (Å²) >= 11 is 0. The number of likely N-dealkylation sites (tertiary alicyclic amines) is 1. The van der Waals surface area contributed by atoms with Crippen molar-refractivity contribution in [2.75, 3.05) is 31.1 Å². The van der Waals surface area contributed by atoms with Crippen LogP contribution < -0.4 is 10.2 Å². The summed E-state index contributed by atoms with van der Waals surface area (Å²) in [7, 11) is 0. The first-order valence-corrected chi connectivity index (χ1v) is 9.67. The lowest BCUT2D eigenvalue weighted by Gasteiger charge is -2.33. The molecule has 2 aromatic rings. The molecule has 1 aliphatic rings. The Morgan fingerprint density at radius 1 is 0.964 bits per heavy atom. The Labute approximate surface area is 165 Å². The number of carboxylic acid groups (broad SMARTS) is 1. The summed E-state index contributed by atoms with van der Waals surface area (Å²) in [5, 5.41) is 12.2. The van der Waals surface area contributed by atoms with Crippen LogP contribution in [0.3, 0.4) is 0 Å².